The van der Waals surface area contributed by atoms with Gasteiger partial charge in [-0.1, -0.05) is 43.7 Å². The molecule has 1 unspecified atom stereocenters. The molecule has 196 valence electrons. The molecule has 1 fully saturated rings. The Bertz CT molecular complexity index is 1290. The zero-order valence-electron chi connectivity index (χ0n) is 21.0. The second-order valence-corrected chi connectivity index (χ2v) is 11.0. The Labute approximate surface area is 218 Å². The standard InChI is InChI=1S/C29H33NO6S/c1-2-8-23-21-25(36-24-10-4-3-5-11-24)15-18-28(23)35-20-7-9-22-13-16-26(17-14-22)37(33,34)30-19-6-12-27(30)29(31)32/h3-5,10-11,13-18,21,27H,2,6-9,12,19-20H2,1H3,(H,31,32). The smallest absolute Gasteiger partial charge is 0.322 e. The van der Waals surface area contributed by atoms with Crippen molar-refractivity contribution in [1.29, 1.82) is 0 Å². The molecule has 8 heteroatoms. The molecule has 1 atom stereocenters. The number of hydrogen-bond donors (Lipinski definition) is 1. The summed E-state index contributed by atoms with van der Waals surface area (Å²) >= 11 is 0. The molecule has 1 N–H and O–H groups in total. The molecule has 1 heterocycles. The number of aryl methyl sites for hydroxylation is 2. The predicted molar refractivity (Wildman–Crippen MR) is 142 cm³/mol. The number of benzene rings is 3. The van der Waals surface area contributed by atoms with Gasteiger partial charge < -0.3 is 14.6 Å². The van der Waals surface area contributed by atoms with E-state index in [1.54, 1.807) is 24.3 Å². The third-order valence-corrected chi connectivity index (χ3v) is 8.34. The molecule has 0 bridgehead atoms. The van der Waals surface area contributed by atoms with Crippen LogP contribution in [-0.2, 0) is 27.7 Å². The molecule has 0 spiro atoms. The summed E-state index contributed by atoms with van der Waals surface area (Å²) in [5, 5.41) is 9.34. The second kappa shape index (κ2) is 12.3. The molecule has 1 aliphatic rings. The number of hydrogen-bond acceptors (Lipinski definition) is 5. The summed E-state index contributed by atoms with van der Waals surface area (Å²) in [6.45, 7) is 2.89. The number of carboxylic acid groups (broad SMARTS) is 1. The van der Waals surface area contributed by atoms with Crippen LogP contribution >= 0.6 is 0 Å². The molecular weight excluding hydrogens is 490 g/mol. The highest BCUT2D eigenvalue weighted by Gasteiger charge is 2.39. The molecule has 0 aliphatic carbocycles. The number of aliphatic carboxylic acids is 1. The Morgan fingerprint density at radius 3 is 2.46 bits per heavy atom. The average molecular weight is 524 g/mol. The first-order chi connectivity index (χ1) is 17.9. The van der Waals surface area contributed by atoms with Crippen LogP contribution in [0.25, 0.3) is 0 Å². The summed E-state index contributed by atoms with van der Waals surface area (Å²) in [5.41, 5.74) is 2.10. The van der Waals surface area contributed by atoms with Crippen molar-refractivity contribution in [2.45, 2.75) is 56.4 Å². The summed E-state index contributed by atoms with van der Waals surface area (Å²) < 4.78 is 39.0. The highest BCUT2D eigenvalue weighted by atomic mass is 32.2. The Morgan fingerprint density at radius 2 is 1.76 bits per heavy atom. The highest BCUT2D eigenvalue weighted by molar-refractivity contribution is 7.89. The van der Waals surface area contributed by atoms with Gasteiger partial charge in [-0.15, -0.1) is 0 Å². The molecule has 0 radical (unpaired) electrons. The Hall–Kier alpha value is -3.36. The SMILES string of the molecule is CCCc1cc(Oc2ccccc2)ccc1OCCCc1ccc(S(=O)(=O)N2CCCC2C(=O)O)cc1. The maximum atomic E-state index is 12.9. The molecule has 1 aliphatic heterocycles. The summed E-state index contributed by atoms with van der Waals surface area (Å²) in [4.78, 5) is 11.5. The zero-order chi connectivity index (χ0) is 26.3. The van der Waals surface area contributed by atoms with Crippen molar-refractivity contribution >= 4 is 16.0 Å². The van der Waals surface area contributed by atoms with Crippen LogP contribution in [0.5, 0.6) is 17.2 Å². The molecular formula is C29H33NO6S. The van der Waals surface area contributed by atoms with Crippen molar-refractivity contribution in [2.24, 2.45) is 0 Å². The van der Waals surface area contributed by atoms with Crippen LogP contribution in [-0.4, -0.2) is 43.0 Å². The van der Waals surface area contributed by atoms with Crippen LogP contribution in [0.1, 0.15) is 43.7 Å². The number of sulfonamides is 1. The van der Waals surface area contributed by atoms with Crippen LogP contribution < -0.4 is 9.47 Å². The summed E-state index contributed by atoms with van der Waals surface area (Å²) in [6.07, 6.45) is 4.28. The van der Waals surface area contributed by atoms with E-state index in [0.717, 1.165) is 58.4 Å². The molecule has 3 aromatic rings. The van der Waals surface area contributed by atoms with Crippen LogP contribution in [0, 0.1) is 0 Å². The van der Waals surface area contributed by atoms with Gasteiger partial charge >= 0.3 is 5.97 Å². The van der Waals surface area contributed by atoms with E-state index in [1.807, 2.05) is 48.5 Å². The van der Waals surface area contributed by atoms with Crippen LogP contribution in [0.15, 0.2) is 77.7 Å². The number of ether oxygens (including phenoxy) is 2. The third kappa shape index (κ3) is 6.70. The Kier molecular flexibility index (Phi) is 8.84. The molecule has 4 rings (SSSR count). The first-order valence-corrected chi connectivity index (χ1v) is 14.1. The lowest BCUT2D eigenvalue weighted by atomic mass is 10.1. The van der Waals surface area contributed by atoms with E-state index in [4.69, 9.17) is 9.47 Å². The van der Waals surface area contributed by atoms with Gasteiger partial charge in [0.15, 0.2) is 0 Å². The number of para-hydroxylation sites is 1. The Morgan fingerprint density at radius 1 is 1.00 bits per heavy atom. The van der Waals surface area contributed by atoms with E-state index in [2.05, 4.69) is 6.92 Å². The van der Waals surface area contributed by atoms with E-state index in [-0.39, 0.29) is 11.4 Å². The van der Waals surface area contributed by atoms with Crippen molar-refractivity contribution in [3.63, 3.8) is 0 Å². The van der Waals surface area contributed by atoms with Gasteiger partial charge in [0.2, 0.25) is 10.0 Å². The molecule has 0 amide bonds. The van der Waals surface area contributed by atoms with Gasteiger partial charge in [-0.25, -0.2) is 8.42 Å². The first-order valence-electron chi connectivity index (χ1n) is 12.7. The largest absolute Gasteiger partial charge is 0.493 e. The maximum absolute atomic E-state index is 12.9. The van der Waals surface area contributed by atoms with Gasteiger partial charge in [-0.05, 0) is 85.7 Å². The zero-order valence-corrected chi connectivity index (χ0v) is 21.8. The highest BCUT2D eigenvalue weighted by Crippen LogP contribution is 2.29. The number of nitrogens with zero attached hydrogens (tertiary/aromatic N) is 1. The Balaban J connectivity index is 1.32. The third-order valence-electron chi connectivity index (χ3n) is 6.42. The first kappa shape index (κ1) is 26.7. The maximum Gasteiger partial charge on any atom is 0.322 e. The fraction of sp³-hybridized carbons (Fsp3) is 0.345. The second-order valence-electron chi connectivity index (χ2n) is 9.14. The fourth-order valence-electron chi connectivity index (χ4n) is 4.55. The van der Waals surface area contributed by atoms with Crippen molar-refractivity contribution in [2.75, 3.05) is 13.2 Å². The quantitative estimate of drug-likeness (QED) is 0.307. The van der Waals surface area contributed by atoms with Crippen molar-refractivity contribution in [3.05, 3.63) is 83.9 Å². The van der Waals surface area contributed by atoms with Gasteiger partial charge in [-0.2, -0.15) is 4.31 Å². The van der Waals surface area contributed by atoms with Crippen LogP contribution in [0.3, 0.4) is 0 Å². The predicted octanol–water partition coefficient (Wildman–Crippen LogP) is 5.68. The summed E-state index contributed by atoms with van der Waals surface area (Å²) in [6, 6.07) is 21.3. The number of carbonyl (C=O) groups is 1. The molecule has 0 saturated carbocycles. The summed E-state index contributed by atoms with van der Waals surface area (Å²) in [5.74, 6) is 1.32. The number of rotatable bonds is 12. The topological polar surface area (TPSA) is 93.1 Å². The lowest BCUT2D eigenvalue weighted by Gasteiger charge is -2.21. The minimum atomic E-state index is -3.83. The van der Waals surface area contributed by atoms with Gasteiger partial charge in [0.25, 0.3) is 0 Å². The van der Waals surface area contributed by atoms with E-state index < -0.39 is 22.0 Å². The minimum Gasteiger partial charge on any atom is -0.493 e. The van der Waals surface area contributed by atoms with Crippen LogP contribution in [0.4, 0.5) is 0 Å². The molecule has 37 heavy (non-hydrogen) atoms. The van der Waals surface area contributed by atoms with Gasteiger partial charge in [0.05, 0.1) is 11.5 Å². The molecule has 3 aromatic carbocycles. The van der Waals surface area contributed by atoms with Crippen LogP contribution in [0.2, 0.25) is 0 Å². The fourth-order valence-corrected chi connectivity index (χ4v) is 6.20. The van der Waals surface area contributed by atoms with E-state index >= 15 is 0 Å². The van der Waals surface area contributed by atoms with E-state index in [1.165, 1.54) is 0 Å². The van der Waals surface area contributed by atoms with Crippen molar-refractivity contribution < 1.29 is 27.8 Å². The lowest BCUT2D eigenvalue weighted by molar-refractivity contribution is -0.140. The average Bonchev–Trinajstić information content (AvgIpc) is 3.40. The monoisotopic (exact) mass is 523 g/mol. The molecule has 0 aromatic heterocycles. The van der Waals surface area contributed by atoms with Gasteiger partial charge in [-0.3, -0.25) is 4.79 Å². The summed E-state index contributed by atoms with van der Waals surface area (Å²) in [7, 11) is -3.83. The molecule has 7 nitrogen and oxygen atoms in total. The lowest BCUT2D eigenvalue weighted by Crippen LogP contribution is -2.40. The minimum absolute atomic E-state index is 0.127. The number of carboxylic acids is 1. The molecule has 1 saturated heterocycles. The van der Waals surface area contributed by atoms with Crippen molar-refractivity contribution in [3.8, 4) is 17.2 Å². The van der Waals surface area contributed by atoms with E-state index in [0.29, 0.717) is 19.4 Å². The van der Waals surface area contributed by atoms with Gasteiger partial charge in [0, 0.05) is 6.54 Å². The van der Waals surface area contributed by atoms with Gasteiger partial charge in [0.1, 0.15) is 23.3 Å². The normalized spacial score (nSPS) is 16.0. The van der Waals surface area contributed by atoms with Crippen molar-refractivity contribution in [1.82, 2.24) is 4.31 Å². The van der Waals surface area contributed by atoms with E-state index in [9.17, 15) is 18.3 Å².